The highest BCUT2D eigenvalue weighted by molar-refractivity contribution is 6.32. The number of ether oxygens (including phenoxy) is 1. The van der Waals surface area contributed by atoms with Gasteiger partial charge in [-0.15, -0.1) is 0 Å². The number of hydrogen-bond donors (Lipinski definition) is 1. The summed E-state index contributed by atoms with van der Waals surface area (Å²) in [6.07, 6.45) is 0. The second-order valence-electron chi connectivity index (χ2n) is 8.01. The van der Waals surface area contributed by atoms with Crippen LogP contribution in [0.15, 0.2) is 36.4 Å². The number of hydrogen-bond acceptors (Lipinski definition) is 3. The maximum absolute atomic E-state index is 13.1. The molecule has 30 heavy (non-hydrogen) atoms. The molecule has 6 heteroatoms. The largest absolute Gasteiger partial charge is 0.484 e. The van der Waals surface area contributed by atoms with E-state index in [1.54, 1.807) is 11.8 Å². The molecular formula is C24H31ClN2O3. The van der Waals surface area contributed by atoms with E-state index < -0.39 is 6.04 Å². The fraction of sp³-hybridized carbons (Fsp3) is 0.417. The van der Waals surface area contributed by atoms with Gasteiger partial charge < -0.3 is 15.0 Å². The molecule has 162 valence electrons. The molecule has 0 bridgehead atoms. The van der Waals surface area contributed by atoms with E-state index in [0.717, 1.165) is 22.3 Å². The third kappa shape index (κ3) is 6.49. The van der Waals surface area contributed by atoms with E-state index in [-0.39, 0.29) is 24.5 Å². The summed E-state index contributed by atoms with van der Waals surface area (Å²) in [6.45, 7) is 11.5. The van der Waals surface area contributed by atoms with Crippen LogP contribution in [0.4, 0.5) is 0 Å². The number of aryl methyl sites for hydroxylation is 3. The fourth-order valence-corrected chi connectivity index (χ4v) is 3.32. The van der Waals surface area contributed by atoms with E-state index in [1.807, 2.05) is 71.0 Å². The Labute approximate surface area is 184 Å². The minimum absolute atomic E-state index is 0.00728. The molecule has 0 radical (unpaired) electrons. The summed E-state index contributed by atoms with van der Waals surface area (Å²) in [5.41, 5.74) is 3.84. The maximum atomic E-state index is 13.1. The van der Waals surface area contributed by atoms with E-state index >= 15 is 0 Å². The Hall–Kier alpha value is -2.53. The first-order valence-corrected chi connectivity index (χ1v) is 10.5. The minimum Gasteiger partial charge on any atom is -0.484 e. The third-order valence-corrected chi connectivity index (χ3v) is 5.40. The van der Waals surface area contributed by atoms with Crippen LogP contribution in [0, 0.1) is 20.8 Å². The lowest BCUT2D eigenvalue weighted by molar-refractivity contribution is -0.142. The highest BCUT2D eigenvalue weighted by Crippen LogP contribution is 2.26. The summed E-state index contributed by atoms with van der Waals surface area (Å²) in [4.78, 5) is 27.2. The number of amides is 2. The van der Waals surface area contributed by atoms with Crippen molar-refractivity contribution in [2.45, 2.75) is 60.2 Å². The molecule has 2 amide bonds. The predicted octanol–water partition coefficient (Wildman–Crippen LogP) is 4.59. The second-order valence-corrected chi connectivity index (χ2v) is 8.39. The Morgan fingerprint density at radius 2 is 1.70 bits per heavy atom. The molecule has 1 unspecified atom stereocenters. The van der Waals surface area contributed by atoms with Crippen LogP contribution in [-0.2, 0) is 16.1 Å². The highest BCUT2D eigenvalue weighted by atomic mass is 35.5. The van der Waals surface area contributed by atoms with Crippen LogP contribution in [0.1, 0.15) is 43.0 Å². The lowest BCUT2D eigenvalue weighted by Gasteiger charge is -2.29. The molecule has 0 saturated heterocycles. The number of benzene rings is 2. The molecule has 0 aliphatic carbocycles. The van der Waals surface area contributed by atoms with Gasteiger partial charge in [-0.25, -0.2) is 0 Å². The number of carbonyl (C=O) groups excluding carboxylic acids is 2. The van der Waals surface area contributed by atoms with Crippen molar-refractivity contribution in [2.24, 2.45) is 0 Å². The quantitative estimate of drug-likeness (QED) is 0.666. The number of nitrogens with zero attached hydrogens (tertiary/aromatic N) is 1. The standard InChI is InChI=1S/C24H31ClN2O3/c1-15(2)26-24(29)19(6)27(13-20-9-7-8-16(3)10-20)22(28)14-30-21-11-17(4)23(25)18(5)12-21/h7-12,15,19H,13-14H2,1-6H3,(H,26,29). The zero-order chi connectivity index (χ0) is 22.4. The van der Waals surface area contributed by atoms with E-state index in [9.17, 15) is 9.59 Å². The van der Waals surface area contributed by atoms with Crippen LogP contribution in [-0.4, -0.2) is 35.4 Å². The number of halogens is 1. The zero-order valence-electron chi connectivity index (χ0n) is 18.6. The number of carbonyl (C=O) groups is 2. The fourth-order valence-electron chi connectivity index (χ4n) is 3.21. The minimum atomic E-state index is -0.627. The van der Waals surface area contributed by atoms with Crippen molar-refractivity contribution in [1.29, 1.82) is 0 Å². The van der Waals surface area contributed by atoms with Crippen molar-refractivity contribution in [3.8, 4) is 5.75 Å². The molecule has 0 fully saturated rings. The van der Waals surface area contributed by atoms with Gasteiger partial charge in [-0.1, -0.05) is 41.4 Å². The molecular weight excluding hydrogens is 400 g/mol. The Morgan fingerprint density at radius 3 is 2.27 bits per heavy atom. The van der Waals surface area contributed by atoms with Gasteiger partial charge in [0, 0.05) is 17.6 Å². The molecule has 2 aromatic carbocycles. The Morgan fingerprint density at radius 1 is 1.07 bits per heavy atom. The van der Waals surface area contributed by atoms with Gasteiger partial charge in [-0.2, -0.15) is 0 Å². The average molecular weight is 431 g/mol. The predicted molar refractivity (Wildman–Crippen MR) is 121 cm³/mol. The Balaban J connectivity index is 2.19. The van der Waals surface area contributed by atoms with Crippen molar-refractivity contribution in [2.75, 3.05) is 6.61 Å². The maximum Gasteiger partial charge on any atom is 0.261 e. The van der Waals surface area contributed by atoms with Crippen LogP contribution in [0.2, 0.25) is 5.02 Å². The van der Waals surface area contributed by atoms with Crippen LogP contribution >= 0.6 is 11.6 Å². The molecule has 0 aromatic heterocycles. The smallest absolute Gasteiger partial charge is 0.261 e. The first-order chi connectivity index (χ1) is 14.1. The summed E-state index contributed by atoms with van der Waals surface area (Å²) in [7, 11) is 0. The monoisotopic (exact) mass is 430 g/mol. The van der Waals surface area contributed by atoms with E-state index in [4.69, 9.17) is 16.3 Å². The highest BCUT2D eigenvalue weighted by Gasteiger charge is 2.27. The summed E-state index contributed by atoms with van der Waals surface area (Å²) < 4.78 is 5.76. The normalized spacial score (nSPS) is 11.9. The van der Waals surface area contributed by atoms with Crippen LogP contribution in [0.25, 0.3) is 0 Å². The van der Waals surface area contributed by atoms with E-state index in [0.29, 0.717) is 17.3 Å². The average Bonchev–Trinajstić information content (AvgIpc) is 2.67. The molecule has 2 rings (SSSR count). The van der Waals surface area contributed by atoms with Crippen molar-refractivity contribution < 1.29 is 14.3 Å². The van der Waals surface area contributed by atoms with Crippen LogP contribution < -0.4 is 10.1 Å². The van der Waals surface area contributed by atoms with Crippen LogP contribution in [0.5, 0.6) is 5.75 Å². The molecule has 1 N–H and O–H groups in total. The molecule has 0 saturated carbocycles. The van der Waals surface area contributed by atoms with Gasteiger partial charge in [0.05, 0.1) is 0 Å². The van der Waals surface area contributed by atoms with Gasteiger partial charge in [0.2, 0.25) is 5.91 Å². The Bertz CT molecular complexity index is 888. The third-order valence-electron chi connectivity index (χ3n) is 4.81. The number of nitrogens with one attached hydrogen (secondary N) is 1. The molecule has 0 aliphatic rings. The molecule has 1 atom stereocenters. The SMILES string of the molecule is Cc1cccc(CN(C(=O)COc2cc(C)c(Cl)c(C)c2)C(C)C(=O)NC(C)C)c1. The molecule has 0 heterocycles. The summed E-state index contributed by atoms with van der Waals surface area (Å²) in [6, 6.07) is 10.9. The zero-order valence-corrected chi connectivity index (χ0v) is 19.3. The van der Waals surface area contributed by atoms with E-state index in [1.165, 1.54) is 0 Å². The summed E-state index contributed by atoms with van der Waals surface area (Å²) >= 11 is 6.21. The van der Waals surface area contributed by atoms with Crippen LogP contribution in [0.3, 0.4) is 0 Å². The molecule has 0 aliphatic heterocycles. The van der Waals surface area contributed by atoms with Gasteiger partial charge >= 0.3 is 0 Å². The first-order valence-electron chi connectivity index (χ1n) is 10.1. The van der Waals surface area contributed by atoms with E-state index in [2.05, 4.69) is 5.32 Å². The molecule has 2 aromatic rings. The molecule has 0 spiro atoms. The Kier molecular flexibility index (Phi) is 8.30. The second kappa shape index (κ2) is 10.5. The van der Waals surface area contributed by atoms with Gasteiger partial charge in [-0.05, 0) is 70.4 Å². The number of rotatable bonds is 8. The lowest BCUT2D eigenvalue weighted by Crippen LogP contribution is -2.50. The molecule has 5 nitrogen and oxygen atoms in total. The van der Waals surface area contributed by atoms with Gasteiger partial charge in [0.15, 0.2) is 6.61 Å². The topological polar surface area (TPSA) is 58.6 Å². The van der Waals surface area contributed by atoms with Gasteiger partial charge in [0.25, 0.3) is 5.91 Å². The lowest BCUT2D eigenvalue weighted by atomic mass is 10.1. The van der Waals surface area contributed by atoms with Gasteiger partial charge in [-0.3, -0.25) is 9.59 Å². The van der Waals surface area contributed by atoms with Crippen molar-refractivity contribution in [1.82, 2.24) is 10.2 Å². The van der Waals surface area contributed by atoms with Crippen molar-refractivity contribution >= 4 is 23.4 Å². The van der Waals surface area contributed by atoms with Gasteiger partial charge in [0.1, 0.15) is 11.8 Å². The van der Waals surface area contributed by atoms with Crippen molar-refractivity contribution in [3.63, 3.8) is 0 Å². The first kappa shape index (κ1) is 23.7. The van der Waals surface area contributed by atoms with Crippen molar-refractivity contribution in [3.05, 3.63) is 63.7 Å². The summed E-state index contributed by atoms with van der Waals surface area (Å²) in [5, 5.41) is 3.57. The summed E-state index contributed by atoms with van der Waals surface area (Å²) in [5.74, 6) is 0.134.